The van der Waals surface area contributed by atoms with E-state index in [-0.39, 0.29) is 5.97 Å². The van der Waals surface area contributed by atoms with Crippen LogP contribution < -0.4 is 4.74 Å². The predicted octanol–water partition coefficient (Wildman–Crippen LogP) is 4.82. The molecule has 2 rings (SSSR count). The Morgan fingerprint density at radius 2 is 1.76 bits per heavy atom. The van der Waals surface area contributed by atoms with Crippen molar-refractivity contribution >= 4 is 12.0 Å². The Morgan fingerprint density at radius 1 is 1.10 bits per heavy atom. The Balaban J connectivity index is 1.95. The quantitative estimate of drug-likeness (QED) is 0.446. The van der Waals surface area contributed by atoms with E-state index in [9.17, 15) is 4.79 Å². The Labute approximate surface area is 126 Å². The molecule has 0 bridgehead atoms. The highest BCUT2D eigenvalue weighted by atomic mass is 16.5. The fourth-order valence-corrected chi connectivity index (χ4v) is 1.98. The largest absolute Gasteiger partial charge is 0.423 e. The zero-order valence-corrected chi connectivity index (χ0v) is 12.5. The van der Waals surface area contributed by atoms with E-state index in [0.717, 1.165) is 12.0 Å². The van der Waals surface area contributed by atoms with E-state index in [4.69, 9.17) is 4.74 Å². The van der Waals surface area contributed by atoms with Gasteiger partial charge in [0.15, 0.2) is 0 Å². The molecule has 21 heavy (non-hydrogen) atoms. The van der Waals surface area contributed by atoms with Gasteiger partial charge in [0.05, 0.1) is 0 Å². The summed E-state index contributed by atoms with van der Waals surface area (Å²) in [5.74, 6) is 0.729. The fourth-order valence-electron chi connectivity index (χ4n) is 1.98. The maximum atomic E-state index is 11.8. The van der Waals surface area contributed by atoms with Crippen molar-refractivity contribution in [2.45, 2.75) is 26.2 Å². The van der Waals surface area contributed by atoms with Crippen LogP contribution in [0, 0.1) is 0 Å². The first kappa shape index (κ1) is 15.0. The first-order valence-corrected chi connectivity index (χ1v) is 7.24. The van der Waals surface area contributed by atoms with E-state index < -0.39 is 0 Å². The van der Waals surface area contributed by atoms with Crippen molar-refractivity contribution in [1.82, 2.24) is 0 Å². The van der Waals surface area contributed by atoms with Gasteiger partial charge in [-0.3, -0.25) is 0 Å². The average molecular weight is 280 g/mol. The molecule has 0 spiro atoms. The molecule has 0 heterocycles. The first-order chi connectivity index (χ1) is 10.2. The summed E-state index contributed by atoms with van der Waals surface area (Å²) in [6, 6.07) is 17.4. The van der Waals surface area contributed by atoms with Gasteiger partial charge in [0.2, 0.25) is 0 Å². The zero-order chi connectivity index (χ0) is 15.1. The fraction of sp³-hybridized carbons (Fsp3) is 0.211. The molecule has 0 radical (unpaired) electrons. The summed E-state index contributed by atoms with van der Waals surface area (Å²) in [7, 11) is 0. The molecule has 2 heteroatoms. The number of hydrogen-bond donors (Lipinski definition) is 0. The molecule has 0 aliphatic heterocycles. The van der Waals surface area contributed by atoms with Crippen molar-refractivity contribution in [2.24, 2.45) is 0 Å². The van der Waals surface area contributed by atoms with Crippen LogP contribution in [0.5, 0.6) is 5.75 Å². The Kier molecular flexibility index (Phi) is 5.33. The molecule has 0 saturated heterocycles. The van der Waals surface area contributed by atoms with Crippen LogP contribution in [-0.4, -0.2) is 5.97 Å². The van der Waals surface area contributed by atoms with E-state index >= 15 is 0 Å². The van der Waals surface area contributed by atoms with Crippen molar-refractivity contribution in [2.75, 3.05) is 0 Å². The Bertz CT molecular complexity index is 597. The highest BCUT2D eigenvalue weighted by Crippen LogP contribution is 2.21. The van der Waals surface area contributed by atoms with Crippen LogP contribution in [0.4, 0.5) is 0 Å². The van der Waals surface area contributed by atoms with E-state index in [1.54, 1.807) is 6.08 Å². The van der Waals surface area contributed by atoms with Gasteiger partial charge in [-0.25, -0.2) is 4.79 Å². The second kappa shape index (κ2) is 7.44. The van der Waals surface area contributed by atoms with Gasteiger partial charge in [0, 0.05) is 6.08 Å². The highest BCUT2D eigenvalue weighted by molar-refractivity contribution is 5.88. The van der Waals surface area contributed by atoms with Crippen molar-refractivity contribution in [3.8, 4) is 5.75 Å². The SMILES string of the molecule is CCC(C)c1ccc(OC(=O)C=Cc2ccccc2)cc1. The molecule has 108 valence electrons. The third-order valence-electron chi connectivity index (χ3n) is 3.49. The number of rotatable bonds is 5. The number of carbonyl (C=O) groups excluding carboxylic acids is 1. The lowest BCUT2D eigenvalue weighted by molar-refractivity contribution is -0.128. The number of ether oxygens (including phenoxy) is 1. The summed E-state index contributed by atoms with van der Waals surface area (Å²) in [5, 5.41) is 0. The zero-order valence-electron chi connectivity index (χ0n) is 12.5. The van der Waals surface area contributed by atoms with Crippen LogP contribution in [0.3, 0.4) is 0 Å². The second-order valence-electron chi connectivity index (χ2n) is 5.04. The molecule has 1 unspecified atom stereocenters. The van der Waals surface area contributed by atoms with Crippen molar-refractivity contribution in [3.63, 3.8) is 0 Å². The van der Waals surface area contributed by atoms with Gasteiger partial charge < -0.3 is 4.74 Å². The minimum Gasteiger partial charge on any atom is -0.423 e. The molecule has 0 aliphatic carbocycles. The van der Waals surface area contributed by atoms with Crippen LogP contribution in [0.25, 0.3) is 6.08 Å². The van der Waals surface area contributed by atoms with Crippen LogP contribution in [-0.2, 0) is 4.79 Å². The summed E-state index contributed by atoms with van der Waals surface area (Å²) >= 11 is 0. The molecule has 0 aromatic heterocycles. The third-order valence-corrected chi connectivity index (χ3v) is 3.49. The molecular weight excluding hydrogens is 260 g/mol. The van der Waals surface area contributed by atoms with Crippen LogP contribution in [0.1, 0.15) is 37.3 Å². The molecule has 2 aromatic rings. The smallest absolute Gasteiger partial charge is 0.336 e. The van der Waals surface area contributed by atoms with Crippen molar-refractivity contribution in [3.05, 3.63) is 71.8 Å². The van der Waals surface area contributed by atoms with Gasteiger partial charge in [-0.15, -0.1) is 0 Å². The van der Waals surface area contributed by atoms with E-state index in [0.29, 0.717) is 11.7 Å². The molecule has 0 fully saturated rings. The lowest BCUT2D eigenvalue weighted by Crippen LogP contribution is -2.03. The lowest BCUT2D eigenvalue weighted by Gasteiger charge is -2.09. The number of benzene rings is 2. The standard InChI is InChI=1S/C19H20O2/c1-3-15(2)17-10-12-18(13-11-17)21-19(20)14-9-16-7-5-4-6-8-16/h4-15H,3H2,1-2H3. The van der Waals surface area contributed by atoms with Crippen LogP contribution >= 0.6 is 0 Å². The molecule has 2 nitrogen and oxygen atoms in total. The van der Waals surface area contributed by atoms with Crippen LogP contribution in [0.15, 0.2) is 60.7 Å². The van der Waals surface area contributed by atoms with Crippen molar-refractivity contribution < 1.29 is 9.53 Å². The van der Waals surface area contributed by atoms with Gasteiger partial charge >= 0.3 is 5.97 Å². The molecule has 2 aromatic carbocycles. The normalized spacial score (nSPS) is 12.3. The number of carbonyl (C=O) groups is 1. The Hall–Kier alpha value is -2.35. The molecule has 0 amide bonds. The number of hydrogen-bond acceptors (Lipinski definition) is 2. The van der Waals surface area contributed by atoms with Gasteiger partial charge in [-0.2, -0.15) is 0 Å². The monoisotopic (exact) mass is 280 g/mol. The molecular formula is C19H20O2. The van der Waals surface area contributed by atoms with Gasteiger partial charge in [0.25, 0.3) is 0 Å². The van der Waals surface area contributed by atoms with Crippen LogP contribution in [0.2, 0.25) is 0 Å². The summed E-state index contributed by atoms with van der Waals surface area (Å²) in [4.78, 5) is 11.8. The average Bonchev–Trinajstić information content (AvgIpc) is 2.54. The summed E-state index contributed by atoms with van der Waals surface area (Å²) in [6.07, 6.45) is 4.28. The molecule has 0 saturated carbocycles. The highest BCUT2D eigenvalue weighted by Gasteiger charge is 2.04. The van der Waals surface area contributed by atoms with E-state index in [2.05, 4.69) is 13.8 Å². The van der Waals surface area contributed by atoms with Crippen molar-refractivity contribution in [1.29, 1.82) is 0 Å². The van der Waals surface area contributed by atoms with E-state index in [1.807, 2.05) is 54.6 Å². The van der Waals surface area contributed by atoms with Gasteiger partial charge in [-0.05, 0) is 41.7 Å². The third kappa shape index (κ3) is 4.60. The summed E-state index contributed by atoms with van der Waals surface area (Å²) in [5.41, 5.74) is 2.23. The topological polar surface area (TPSA) is 26.3 Å². The van der Waals surface area contributed by atoms with Gasteiger partial charge in [-0.1, -0.05) is 56.3 Å². The molecule has 1 atom stereocenters. The van der Waals surface area contributed by atoms with E-state index in [1.165, 1.54) is 11.6 Å². The minimum atomic E-state index is -0.366. The minimum absolute atomic E-state index is 0.366. The predicted molar refractivity (Wildman–Crippen MR) is 86.3 cm³/mol. The van der Waals surface area contributed by atoms with Gasteiger partial charge in [0.1, 0.15) is 5.75 Å². The second-order valence-corrected chi connectivity index (χ2v) is 5.04. The maximum Gasteiger partial charge on any atom is 0.336 e. The summed E-state index contributed by atoms with van der Waals surface area (Å²) in [6.45, 7) is 4.34. The number of esters is 1. The molecule has 0 N–H and O–H groups in total. The summed E-state index contributed by atoms with van der Waals surface area (Å²) < 4.78 is 5.28. The Morgan fingerprint density at radius 3 is 2.38 bits per heavy atom. The lowest BCUT2D eigenvalue weighted by atomic mass is 9.99. The first-order valence-electron chi connectivity index (χ1n) is 7.24. The molecule has 0 aliphatic rings. The maximum absolute atomic E-state index is 11.8.